The molecule has 0 radical (unpaired) electrons. The minimum atomic E-state index is 0.0258. The summed E-state index contributed by atoms with van der Waals surface area (Å²) in [6.07, 6.45) is 3.93. The maximum Gasteiger partial charge on any atom is 0.246 e. The average molecular weight is 348 g/mol. The van der Waals surface area contributed by atoms with Gasteiger partial charge < -0.3 is 14.5 Å². The number of tetrazole rings is 1. The molecule has 25 heavy (non-hydrogen) atoms. The number of hydrogen-bond acceptors (Lipinski definition) is 6. The van der Waals surface area contributed by atoms with Gasteiger partial charge in [-0.15, -0.1) is 0 Å². The van der Waals surface area contributed by atoms with E-state index in [-0.39, 0.29) is 23.5 Å². The van der Waals surface area contributed by atoms with Crippen molar-refractivity contribution in [3.05, 3.63) is 0 Å². The van der Waals surface area contributed by atoms with E-state index in [2.05, 4.69) is 41.2 Å². The first-order chi connectivity index (χ1) is 12.0. The van der Waals surface area contributed by atoms with Crippen molar-refractivity contribution in [1.82, 2.24) is 25.1 Å². The van der Waals surface area contributed by atoms with Crippen molar-refractivity contribution >= 4 is 11.9 Å². The van der Waals surface area contributed by atoms with Crippen molar-refractivity contribution in [1.29, 1.82) is 0 Å². The summed E-state index contributed by atoms with van der Waals surface area (Å²) >= 11 is 0. The minimum absolute atomic E-state index is 0.0258. The lowest BCUT2D eigenvalue weighted by Crippen LogP contribution is -2.67. The van der Waals surface area contributed by atoms with Gasteiger partial charge in [-0.25, -0.2) is 4.68 Å². The molecule has 3 atom stereocenters. The average Bonchev–Trinajstić information content (AvgIpc) is 3.27. The topological polar surface area (TPSA) is 76.4 Å². The van der Waals surface area contributed by atoms with Crippen molar-refractivity contribution in [2.75, 3.05) is 31.1 Å². The fraction of sp³-hybridized carbons (Fsp3) is 0.882. The van der Waals surface area contributed by atoms with Gasteiger partial charge >= 0.3 is 0 Å². The quantitative estimate of drug-likeness (QED) is 0.797. The Morgan fingerprint density at radius 2 is 2.20 bits per heavy atom. The highest BCUT2D eigenvalue weighted by Crippen LogP contribution is 2.44. The minimum Gasteiger partial charge on any atom is -0.376 e. The van der Waals surface area contributed by atoms with Crippen molar-refractivity contribution in [2.45, 2.75) is 64.6 Å². The highest BCUT2D eigenvalue weighted by Gasteiger charge is 2.53. The molecule has 0 aromatic carbocycles. The number of rotatable bonds is 5. The Balaban J connectivity index is 1.55. The number of carbonyl (C=O) groups is 1. The fourth-order valence-corrected chi connectivity index (χ4v) is 4.71. The number of likely N-dealkylation sites (tertiary alicyclic amines) is 1. The van der Waals surface area contributed by atoms with Crippen LogP contribution < -0.4 is 4.90 Å². The van der Waals surface area contributed by atoms with Crippen LogP contribution in [0.5, 0.6) is 0 Å². The molecule has 3 aliphatic rings. The number of hydrogen-bond donors (Lipinski definition) is 0. The predicted octanol–water partition coefficient (Wildman–Crippen LogP) is 1.25. The third-order valence-electron chi connectivity index (χ3n) is 5.80. The molecule has 0 N–H and O–H groups in total. The number of ether oxygens (including phenoxy) is 1. The molecule has 8 nitrogen and oxygen atoms in total. The zero-order valence-electron chi connectivity index (χ0n) is 15.4. The SMILES string of the molecule is CCCN1CC(n2nnnc2N2CC(C)(C)C2C2CCCO2)CC1=O. The van der Waals surface area contributed by atoms with E-state index < -0.39 is 0 Å². The third-order valence-corrected chi connectivity index (χ3v) is 5.80. The zero-order chi connectivity index (χ0) is 17.6. The van der Waals surface area contributed by atoms with Crippen LogP contribution in [0.25, 0.3) is 0 Å². The summed E-state index contributed by atoms with van der Waals surface area (Å²) in [5, 5.41) is 12.5. The van der Waals surface area contributed by atoms with Gasteiger partial charge in [-0.05, 0) is 29.7 Å². The predicted molar refractivity (Wildman–Crippen MR) is 92.2 cm³/mol. The smallest absolute Gasteiger partial charge is 0.246 e. The Kier molecular flexibility index (Phi) is 4.17. The largest absolute Gasteiger partial charge is 0.376 e. The first-order valence-corrected chi connectivity index (χ1v) is 9.45. The van der Waals surface area contributed by atoms with Crippen molar-refractivity contribution in [3.63, 3.8) is 0 Å². The maximum atomic E-state index is 12.2. The zero-order valence-corrected chi connectivity index (χ0v) is 15.4. The van der Waals surface area contributed by atoms with Gasteiger partial charge in [0.2, 0.25) is 11.9 Å². The molecule has 0 aliphatic carbocycles. The lowest BCUT2D eigenvalue weighted by molar-refractivity contribution is -0.127. The lowest BCUT2D eigenvalue weighted by Gasteiger charge is -2.56. The number of aromatic nitrogens is 4. The number of anilines is 1. The van der Waals surface area contributed by atoms with Crippen LogP contribution >= 0.6 is 0 Å². The number of carbonyl (C=O) groups excluding carboxylic acids is 1. The summed E-state index contributed by atoms with van der Waals surface area (Å²) in [5.41, 5.74) is 0.186. The van der Waals surface area contributed by atoms with Crippen LogP contribution in [0.1, 0.15) is 52.5 Å². The molecule has 0 saturated carbocycles. The molecule has 0 spiro atoms. The second kappa shape index (κ2) is 6.23. The Morgan fingerprint density at radius 3 is 2.88 bits per heavy atom. The molecule has 1 amide bonds. The maximum absolute atomic E-state index is 12.2. The summed E-state index contributed by atoms with van der Waals surface area (Å²) in [4.78, 5) is 16.4. The van der Waals surface area contributed by atoms with E-state index in [1.54, 1.807) is 0 Å². The first-order valence-electron chi connectivity index (χ1n) is 9.45. The summed E-state index contributed by atoms with van der Waals surface area (Å²) < 4.78 is 7.84. The molecule has 3 unspecified atom stereocenters. The number of amides is 1. The normalized spacial score (nSPS) is 31.6. The summed E-state index contributed by atoms with van der Waals surface area (Å²) in [6, 6.07) is 0.321. The van der Waals surface area contributed by atoms with E-state index >= 15 is 0 Å². The lowest BCUT2D eigenvalue weighted by atomic mass is 9.72. The molecule has 3 fully saturated rings. The van der Waals surface area contributed by atoms with Gasteiger partial charge in [-0.1, -0.05) is 25.9 Å². The van der Waals surface area contributed by atoms with E-state index in [1.165, 1.54) is 0 Å². The van der Waals surface area contributed by atoms with Crippen molar-refractivity contribution in [3.8, 4) is 0 Å². The molecule has 1 aromatic rings. The molecule has 4 heterocycles. The van der Waals surface area contributed by atoms with Crippen LogP contribution in [0.3, 0.4) is 0 Å². The monoisotopic (exact) mass is 348 g/mol. The third kappa shape index (κ3) is 2.80. The molecular formula is C17H28N6O2. The van der Waals surface area contributed by atoms with Crippen LogP contribution in [-0.2, 0) is 9.53 Å². The molecule has 8 heteroatoms. The molecular weight excluding hydrogens is 320 g/mol. The van der Waals surface area contributed by atoms with Crippen molar-refractivity contribution in [2.24, 2.45) is 5.41 Å². The first kappa shape index (κ1) is 16.8. The van der Waals surface area contributed by atoms with E-state index in [0.29, 0.717) is 19.0 Å². The fourth-order valence-electron chi connectivity index (χ4n) is 4.71. The van der Waals surface area contributed by atoms with Crippen molar-refractivity contribution < 1.29 is 9.53 Å². The van der Waals surface area contributed by atoms with Gasteiger partial charge in [-0.3, -0.25) is 4.79 Å². The van der Waals surface area contributed by atoms with Gasteiger partial charge in [0, 0.05) is 31.7 Å². The summed E-state index contributed by atoms with van der Waals surface area (Å²) in [5.74, 6) is 0.990. The standard InChI is InChI=1S/C17H28N6O2/c1-4-7-21-10-12(9-14(21)24)23-16(18-19-20-23)22-11-17(2,3)15(22)13-6-5-8-25-13/h12-13,15H,4-11H2,1-3H3. The van der Waals surface area contributed by atoms with E-state index in [1.807, 2.05) is 9.58 Å². The second-order valence-electron chi connectivity index (χ2n) is 8.23. The summed E-state index contributed by atoms with van der Waals surface area (Å²) in [6.45, 7) is 9.93. The number of nitrogens with zero attached hydrogens (tertiary/aromatic N) is 6. The van der Waals surface area contributed by atoms with Crippen LogP contribution in [0, 0.1) is 5.41 Å². The van der Waals surface area contributed by atoms with Gasteiger partial charge in [-0.2, -0.15) is 0 Å². The van der Waals surface area contributed by atoms with Gasteiger partial charge in [0.25, 0.3) is 0 Å². The highest BCUT2D eigenvalue weighted by atomic mass is 16.5. The Hall–Kier alpha value is -1.70. The van der Waals surface area contributed by atoms with Crippen LogP contribution in [-0.4, -0.2) is 69.4 Å². The van der Waals surface area contributed by atoms with Crippen LogP contribution in [0.15, 0.2) is 0 Å². The Bertz CT molecular complexity index is 639. The van der Waals surface area contributed by atoms with Gasteiger partial charge in [0.05, 0.1) is 24.6 Å². The summed E-state index contributed by atoms with van der Waals surface area (Å²) in [7, 11) is 0. The molecule has 138 valence electrons. The van der Waals surface area contributed by atoms with Gasteiger partial charge in [0.15, 0.2) is 0 Å². The van der Waals surface area contributed by atoms with E-state index in [9.17, 15) is 4.79 Å². The molecule has 3 aliphatic heterocycles. The van der Waals surface area contributed by atoms with Crippen LogP contribution in [0.2, 0.25) is 0 Å². The molecule has 0 bridgehead atoms. The van der Waals surface area contributed by atoms with E-state index in [0.717, 1.165) is 44.9 Å². The molecule has 1 aromatic heterocycles. The molecule has 4 rings (SSSR count). The Morgan fingerprint density at radius 1 is 1.36 bits per heavy atom. The second-order valence-corrected chi connectivity index (χ2v) is 8.23. The highest BCUT2D eigenvalue weighted by molar-refractivity contribution is 5.79. The van der Waals surface area contributed by atoms with Crippen LogP contribution in [0.4, 0.5) is 5.95 Å². The molecule has 3 saturated heterocycles. The Labute approximate surface area is 148 Å². The van der Waals surface area contributed by atoms with E-state index in [4.69, 9.17) is 4.74 Å². The van der Waals surface area contributed by atoms with Gasteiger partial charge in [0.1, 0.15) is 0 Å².